The summed E-state index contributed by atoms with van der Waals surface area (Å²) in [5.41, 5.74) is 1.25. The Bertz CT molecular complexity index is 781. The number of nitro groups is 1. The smallest absolute Gasteiger partial charge is 0.305 e. The van der Waals surface area contributed by atoms with Gasteiger partial charge in [0.1, 0.15) is 0 Å². The van der Waals surface area contributed by atoms with Crippen molar-refractivity contribution in [2.75, 3.05) is 0 Å². The Labute approximate surface area is 114 Å². The number of hydrogen-bond donors (Lipinski definition) is 0. The fourth-order valence-corrected chi connectivity index (χ4v) is 2.26. The van der Waals surface area contributed by atoms with E-state index in [4.69, 9.17) is 0 Å². The standard InChI is InChI=1S/C15H11FN2O2/c16-13-9-14-12(8-15(13)18(19)20)6-7-17(14)10-11-4-2-1-3-5-11/h1-9H,10H2. The maximum absolute atomic E-state index is 13.7. The molecule has 0 spiro atoms. The van der Waals surface area contributed by atoms with E-state index < -0.39 is 16.4 Å². The van der Waals surface area contributed by atoms with Gasteiger partial charge in [0, 0.05) is 30.3 Å². The summed E-state index contributed by atoms with van der Waals surface area (Å²) in [7, 11) is 0. The van der Waals surface area contributed by atoms with E-state index in [-0.39, 0.29) is 0 Å². The van der Waals surface area contributed by atoms with Crippen molar-refractivity contribution in [1.29, 1.82) is 0 Å². The van der Waals surface area contributed by atoms with Gasteiger partial charge in [-0.25, -0.2) is 0 Å². The van der Waals surface area contributed by atoms with Gasteiger partial charge in [-0.1, -0.05) is 30.3 Å². The fraction of sp³-hybridized carbons (Fsp3) is 0.0667. The average molecular weight is 270 g/mol. The molecule has 1 aromatic heterocycles. The molecule has 3 aromatic rings. The second-order valence-electron chi connectivity index (χ2n) is 4.55. The SMILES string of the molecule is O=[N+]([O-])c1cc2ccn(Cc3ccccc3)c2cc1F. The van der Waals surface area contributed by atoms with Crippen LogP contribution in [0.4, 0.5) is 10.1 Å². The predicted molar refractivity (Wildman–Crippen MR) is 74.1 cm³/mol. The summed E-state index contributed by atoms with van der Waals surface area (Å²) in [5.74, 6) is -0.810. The molecule has 0 aliphatic carbocycles. The van der Waals surface area contributed by atoms with Crippen LogP contribution in [0.1, 0.15) is 5.56 Å². The summed E-state index contributed by atoms with van der Waals surface area (Å²) in [4.78, 5) is 10.0. The Kier molecular flexibility index (Phi) is 2.95. The molecule has 5 heteroatoms. The van der Waals surface area contributed by atoms with Crippen LogP contribution in [0.3, 0.4) is 0 Å². The molecule has 0 amide bonds. The molecule has 1 heterocycles. The quantitative estimate of drug-likeness (QED) is 0.537. The van der Waals surface area contributed by atoms with Gasteiger partial charge in [-0.2, -0.15) is 4.39 Å². The average Bonchev–Trinajstić information content (AvgIpc) is 2.81. The van der Waals surface area contributed by atoms with Crippen molar-refractivity contribution in [1.82, 2.24) is 4.57 Å². The monoisotopic (exact) mass is 270 g/mol. The molecule has 0 atom stereocenters. The summed E-state index contributed by atoms with van der Waals surface area (Å²) in [6, 6.07) is 14.0. The van der Waals surface area contributed by atoms with Crippen molar-refractivity contribution < 1.29 is 9.31 Å². The highest BCUT2D eigenvalue weighted by Crippen LogP contribution is 2.26. The predicted octanol–water partition coefficient (Wildman–Crippen LogP) is 3.74. The highest BCUT2D eigenvalue weighted by atomic mass is 19.1. The van der Waals surface area contributed by atoms with Crippen LogP contribution in [0.5, 0.6) is 0 Å². The molecule has 2 aromatic carbocycles. The molecule has 100 valence electrons. The van der Waals surface area contributed by atoms with E-state index in [0.29, 0.717) is 17.4 Å². The van der Waals surface area contributed by atoms with Crippen LogP contribution in [-0.2, 0) is 6.54 Å². The second-order valence-corrected chi connectivity index (χ2v) is 4.55. The molecule has 0 aliphatic heterocycles. The van der Waals surface area contributed by atoms with E-state index in [1.165, 1.54) is 12.1 Å². The summed E-state index contributed by atoms with van der Waals surface area (Å²) in [6.07, 6.45) is 1.81. The van der Waals surface area contributed by atoms with Gasteiger partial charge in [-0.3, -0.25) is 10.1 Å². The molecular weight excluding hydrogens is 259 g/mol. The van der Waals surface area contributed by atoms with Gasteiger partial charge >= 0.3 is 5.69 Å². The number of fused-ring (bicyclic) bond motifs is 1. The van der Waals surface area contributed by atoms with E-state index in [1.807, 2.05) is 34.9 Å². The van der Waals surface area contributed by atoms with Crippen LogP contribution in [0, 0.1) is 15.9 Å². The summed E-state index contributed by atoms with van der Waals surface area (Å²) in [6.45, 7) is 0.599. The molecule has 0 bridgehead atoms. The third-order valence-corrected chi connectivity index (χ3v) is 3.23. The summed E-state index contributed by atoms with van der Waals surface area (Å²) in [5, 5.41) is 11.4. The van der Waals surface area contributed by atoms with Crippen molar-refractivity contribution in [3.63, 3.8) is 0 Å². The van der Waals surface area contributed by atoms with Crippen molar-refractivity contribution in [3.05, 3.63) is 76.2 Å². The van der Waals surface area contributed by atoms with Crippen LogP contribution in [0.2, 0.25) is 0 Å². The molecule has 0 unspecified atom stereocenters. The van der Waals surface area contributed by atoms with Gasteiger partial charge in [-0.15, -0.1) is 0 Å². The Balaban J connectivity index is 2.06. The largest absolute Gasteiger partial charge is 0.343 e. The minimum Gasteiger partial charge on any atom is -0.343 e. The molecule has 0 saturated carbocycles. The lowest BCUT2D eigenvalue weighted by molar-refractivity contribution is -0.387. The molecular formula is C15H11FN2O2. The number of halogens is 1. The van der Waals surface area contributed by atoms with Gasteiger partial charge in [0.05, 0.1) is 10.4 Å². The Morgan fingerprint density at radius 2 is 1.90 bits per heavy atom. The zero-order valence-corrected chi connectivity index (χ0v) is 10.5. The summed E-state index contributed by atoms with van der Waals surface area (Å²) < 4.78 is 15.6. The highest BCUT2D eigenvalue weighted by Gasteiger charge is 2.16. The number of rotatable bonds is 3. The van der Waals surface area contributed by atoms with Gasteiger partial charge in [0.2, 0.25) is 5.82 Å². The van der Waals surface area contributed by atoms with Crippen LogP contribution in [-0.4, -0.2) is 9.49 Å². The highest BCUT2D eigenvalue weighted by molar-refractivity contribution is 5.82. The van der Waals surface area contributed by atoms with Crippen LogP contribution < -0.4 is 0 Å². The van der Waals surface area contributed by atoms with Crippen LogP contribution in [0.25, 0.3) is 10.9 Å². The third kappa shape index (κ3) is 2.14. The van der Waals surface area contributed by atoms with E-state index >= 15 is 0 Å². The van der Waals surface area contributed by atoms with Crippen molar-refractivity contribution >= 4 is 16.6 Å². The van der Waals surface area contributed by atoms with Crippen molar-refractivity contribution in [2.45, 2.75) is 6.54 Å². The lowest BCUT2D eigenvalue weighted by atomic mass is 10.2. The fourth-order valence-electron chi connectivity index (χ4n) is 2.26. The topological polar surface area (TPSA) is 48.1 Å². The number of nitrogens with zero attached hydrogens (tertiary/aromatic N) is 2. The van der Waals surface area contributed by atoms with Crippen LogP contribution in [0.15, 0.2) is 54.7 Å². The zero-order valence-electron chi connectivity index (χ0n) is 10.5. The molecule has 0 N–H and O–H groups in total. The Morgan fingerprint density at radius 1 is 1.15 bits per heavy atom. The first kappa shape index (κ1) is 12.3. The van der Waals surface area contributed by atoms with E-state index in [2.05, 4.69) is 0 Å². The molecule has 20 heavy (non-hydrogen) atoms. The van der Waals surface area contributed by atoms with Gasteiger partial charge in [0.25, 0.3) is 0 Å². The minimum absolute atomic E-state index is 0.491. The molecule has 0 aliphatic rings. The summed E-state index contributed by atoms with van der Waals surface area (Å²) >= 11 is 0. The maximum Gasteiger partial charge on any atom is 0.305 e. The minimum atomic E-state index is -0.810. The van der Waals surface area contributed by atoms with Crippen LogP contribution >= 0.6 is 0 Å². The third-order valence-electron chi connectivity index (χ3n) is 3.23. The number of benzene rings is 2. The number of nitro benzene ring substituents is 1. The first-order valence-corrected chi connectivity index (χ1v) is 6.12. The van der Waals surface area contributed by atoms with E-state index in [0.717, 1.165) is 5.56 Å². The maximum atomic E-state index is 13.7. The molecule has 3 rings (SSSR count). The number of hydrogen-bond acceptors (Lipinski definition) is 2. The van der Waals surface area contributed by atoms with Crippen molar-refractivity contribution in [3.8, 4) is 0 Å². The van der Waals surface area contributed by atoms with E-state index in [1.54, 1.807) is 12.3 Å². The lowest BCUT2D eigenvalue weighted by Gasteiger charge is -2.05. The Hall–Kier alpha value is -2.69. The van der Waals surface area contributed by atoms with Gasteiger partial charge in [0.15, 0.2) is 0 Å². The molecule has 4 nitrogen and oxygen atoms in total. The molecule has 0 radical (unpaired) electrons. The first-order chi connectivity index (χ1) is 9.65. The zero-order chi connectivity index (χ0) is 14.1. The normalized spacial score (nSPS) is 10.8. The Morgan fingerprint density at radius 3 is 2.60 bits per heavy atom. The first-order valence-electron chi connectivity index (χ1n) is 6.12. The number of aromatic nitrogens is 1. The van der Waals surface area contributed by atoms with Gasteiger partial charge in [-0.05, 0) is 11.6 Å². The van der Waals surface area contributed by atoms with Crippen molar-refractivity contribution in [2.24, 2.45) is 0 Å². The van der Waals surface area contributed by atoms with Gasteiger partial charge < -0.3 is 4.57 Å². The molecule has 0 saturated heterocycles. The lowest BCUT2D eigenvalue weighted by Crippen LogP contribution is -1.98. The second kappa shape index (κ2) is 4.77. The van der Waals surface area contributed by atoms with E-state index in [9.17, 15) is 14.5 Å². The molecule has 0 fully saturated rings.